The molecule has 1 aromatic carbocycles. The number of carbonyl (C=O) groups excluding carboxylic acids is 1. The molecule has 92 valence electrons. The van der Waals surface area contributed by atoms with E-state index >= 15 is 0 Å². The largest absolute Gasteiger partial charge is 0.322 e. The number of carbonyl (C=O) groups is 1. The average molecular weight is 241 g/mol. The lowest BCUT2D eigenvalue weighted by Gasteiger charge is -2.07. The van der Waals surface area contributed by atoms with Crippen LogP contribution in [0.2, 0.25) is 0 Å². The maximum absolute atomic E-state index is 11.9. The Labute approximate surface area is 106 Å². The number of amides is 1. The second kappa shape index (κ2) is 4.96. The van der Waals surface area contributed by atoms with Gasteiger partial charge in [0, 0.05) is 18.1 Å². The van der Waals surface area contributed by atoms with Gasteiger partial charge >= 0.3 is 0 Å². The van der Waals surface area contributed by atoms with Crippen LogP contribution in [0.15, 0.2) is 30.6 Å². The standard InChI is InChI=1S/C14H15N3O/c1-9-4-5-13(6-10(9)2)17-14(18)12-7-15-11(3)16-8-12/h4-8H,1-3H3,(H,17,18). The van der Waals surface area contributed by atoms with Crippen molar-refractivity contribution in [2.45, 2.75) is 20.8 Å². The van der Waals surface area contributed by atoms with Crippen molar-refractivity contribution in [3.8, 4) is 0 Å². The van der Waals surface area contributed by atoms with Gasteiger partial charge in [-0.2, -0.15) is 0 Å². The summed E-state index contributed by atoms with van der Waals surface area (Å²) in [6, 6.07) is 5.81. The van der Waals surface area contributed by atoms with E-state index in [4.69, 9.17) is 0 Å². The van der Waals surface area contributed by atoms with E-state index in [9.17, 15) is 4.79 Å². The molecule has 2 aromatic rings. The van der Waals surface area contributed by atoms with Gasteiger partial charge in [0.05, 0.1) is 5.56 Å². The van der Waals surface area contributed by atoms with Gasteiger partial charge in [0.25, 0.3) is 5.91 Å². The highest BCUT2D eigenvalue weighted by Crippen LogP contribution is 2.14. The van der Waals surface area contributed by atoms with E-state index in [0.717, 1.165) is 11.3 Å². The number of nitrogens with one attached hydrogen (secondary N) is 1. The van der Waals surface area contributed by atoms with Crippen molar-refractivity contribution in [3.63, 3.8) is 0 Å². The molecule has 1 amide bonds. The van der Waals surface area contributed by atoms with Crippen LogP contribution in [0.1, 0.15) is 27.3 Å². The first-order chi connectivity index (χ1) is 8.56. The summed E-state index contributed by atoms with van der Waals surface area (Å²) in [7, 11) is 0. The zero-order chi connectivity index (χ0) is 13.1. The Hall–Kier alpha value is -2.23. The van der Waals surface area contributed by atoms with Crippen LogP contribution in [0.25, 0.3) is 0 Å². The van der Waals surface area contributed by atoms with Gasteiger partial charge in [-0.1, -0.05) is 6.07 Å². The third kappa shape index (κ3) is 2.71. The Morgan fingerprint density at radius 2 is 1.72 bits per heavy atom. The fourth-order valence-corrected chi connectivity index (χ4v) is 1.53. The van der Waals surface area contributed by atoms with Crippen LogP contribution in [-0.2, 0) is 0 Å². The lowest BCUT2D eigenvalue weighted by molar-refractivity contribution is 0.102. The van der Waals surface area contributed by atoms with Gasteiger partial charge < -0.3 is 5.32 Å². The molecule has 1 N–H and O–H groups in total. The first kappa shape index (κ1) is 12.2. The number of benzene rings is 1. The normalized spacial score (nSPS) is 10.2. The van der Waals surface area contributed by atoms with Gasteiger partial charge in [0.15, 0.2) is 0 Å². The van der Waals surface area contributed by atoms with Gasteiger partial charge in [-0.05, 0) is 44.0 Å². The molecule has 0 aliphatic heterocycles. The third-order valence-corrected chi connectivity index (χ3v) is 2.81. The molecular weight excluding hydrogens is 226 g/mol. The van der Waals surface area contributed by atoms with Crippen LogP contribution in [0.5, 0.6) is 0 Å². The van der Waals surface area contributed by atoms with Crippen molar-refractivity contribution in [2.75, 3.05) is 5.32 Å². The minimum absolute atomic E-state index is 0.196. The Kier molecular flexibility index (Phi) is 3.37. The van der Waals surface area contributed by atoms with Gasteiger partial charge in [-0.3, -0.25) is 4.79 Å². The van der Waals surface area contributed by atoms with Crippen LogP contribution in [-0.4, -0.2) is 15.9 Å². The fraction of sp³-hybridized carbons (Fsp3) is 0.214. The van der Waals surface area contributed by atoms with Crippen molar-refractivity contribution in [1.82, 2.24) is 9.97 Å². The van der Waals surface area contributed by atoms with Crippen LogP contribution in [0.4, 0.5) is 5.69 Å². The first-order valence-electron chi connectivity index (χ1n) is 5.73. The van der Waals surface area contributed by atoms with E-state index < -0.39 is 0 Å². The molecule has 4 nitrogen and oxygen atoms in total. The number of aromatic nitrogens is 2. The van der Waals surface area contributed by atoms with E-state index in [1.54, 1.807) is 6.92 Å². The lowest BCUT2D eigenvalue weighted by Crippen LogP contribution is -2.13. The Morgan fingerprint density at radius 1 is 1.06 bits per heavy atom. The molecule has 0 bridgehead atoms. The quantitative estimate of drug-likeness (QED) is 0.879. The molecule has 0 saturated carbocycles. The molecule has 4 heteroatoms. The van der Waals surface area contributed by atoms with Gasteiger partial charge in [0.1, 0.15) is 5.82 Å². The highest BCUT2D eigenvalue weighted by molar-refractivity contribution is 6.03. The molecule has 0 atom stereocenters. The summed E-state index contributed by atoms with van der Waals surface area (Å²) in [4.78, 5) is 19.9. The third-order valence-electron chi connectivity index (χ3n) is 2.81. The molecule has 0 aliphatic rings. The topological polar surface area (TPSA) is 54.9 Å². The van der Waals surface area contributed by atoms with Crippen molar-refractivity contribution in [2.24, 2.45) is 0 Å². The summed E-state index contributed by atoms with van der Waals surface area (Å²) in [5.41, 5.74) is 3.59. The molecule has 0 radical (unpaired) electrons. The fourth-order valence-electron chi connectivity index (χ4n) is 1.53. The average Bonchev–Trinajstić information content (AvgIpc) is 2.34. The summed E-state index contributed by atoms with van der Waals surface area (Å²) in [6.07, 6.45) is 3.05. The van der Waals surface area contributed by atoms with E-state index in [-0.39, 0.29) is 5.91 Å². The van der Waals surface area contributed by atoms with Crippen LogP contribution in [0, 0.1) is 20.8 Å². The molecule has 0 unspecified atom stereocenters. The Bertz CT molecular complexity index is 576. The second-order valence-corrected chi connectivity index (χ2v) is 4.27. The van der Waals surface area contributed by atoms with Crippen molar-refractivity contribution >= 4 is 11.6 Å². The predicted octanol–water partition coefficient (Wildman–Crippen LogP) is 2.65. The van der Waals surface area contributed by atoms with Crippen molar-refractivity contribution in [3.05, 3.63) is 53.1 Å². The minimum Gasteiger partial charge on any atom is -0.322 e. The molecular formula is C14H15N3O. The van der Waals surface area contributed by atoms with Gasteiger partial charge in [-0.25, -0.2) is 9.97 Å². The monoisotopic (exact) mass is 241 g/mol. The van der Waals surface area contributed by atoms with E-state index in [0.29, 0.717) is 11.4 Å². The summed E-state index contributed by atoms with van der Waals surface area (Å²) in [5, 5.41) is 2.83. The molecule has 0 aliphatic carbocycles. The predicted molar refractivity (Wildman–Crippen MR) is 70.6 cm³/mol. The van der Waals surface area contributed by atoms with Crippen molar-refractivity contribution in [1.29, 1.82) is 0 Å². The number of rotatable bonds is 2. The maximum atomic E-state index is 11.9. The maximum Gasteiger partial charge on any atom is 0.258 e. The highest BCUT2D eigenvalue weighted by Gasteiger charge is 2.07. The van der Waals surface area contributed by atoms with Crippen LogP contribution in [0.3, 0.4) is 0 Å². The molecule has 1 heterocycles. The lowest BCUT2D eigenvalue weighted by atomic mass is 10.1. The SMILES string of the molecule is Cc1ncc(C(=O)Nc2ccc(C)c(C)c2)cn1. The summed E-state index contributed by atoms with van der Waals surface area (Å²) >= 11 is 0. The van der Waals surface area contributed by atoms with Crippen LogP contribution < -0.4 is 5.32 Å². The van der Waals surface area contributed by atoms with Gasteiger partial charge in [-0.15, -0.1) is 0 Å². The van der Waals surface area contributed by atoms with E-state index in [2.05, 4.69) is 15.3 Å². The summed E-state index contributed by atoms with van der Waals surface area (Å²) < 4.78 is 0. The summed E-state index contributed by atoms with van der Waals surface area (Å²) in [6.45, 7) is 5.83. The molecule has 0 spiro atoms. The second-order valence-electron chi connectivity index (χ2n) is 4.27. The number of anilines is 1. The van der Waals surface area contributed by atoms with Gasteiger partial charge in [0.2, 0.25) is 0 Å². The highest BCUT2D eigenvalue weighted by atomic mass is 16.1. The molecule has 1 aromatic heterocycles. The first-order valence-corrected chi connectivity index (χ1v) is 5.73. The number of nitrogens with zero attached hydrogens (tertiary/aromatic N) is 2. The van der Waals surface area contributed by atoms with Crippen LogP contribution >= 0.6 is 0 Å². The zero-order valence-electron chi connectivity index (χ0n) is 10.7. The molecule has 0 saturated heterocycles. The zero-order valence-corrected chi connectivity index (χ0v) is 10.7. The van der Waals surface area contributed by atoms with E-state index in [1.165, 1.54) is 18.0 Å². The minimum atomic E-state index is -0.196. The molecule has 2 rings (SSSR count). The number of hydrogen-bond donors (Lipinski definition) is 1. The molecule has 0 fully saturated rings. The summed E-state index contributed by atoms with van der Waals surface area (Å²) in [5.74, 6) is 0.455. The molecule has 18 heavy (non-hydrogen) atoms. The Balaban J connectivity index is 2.16. The smallest absolute Gasteiger partial charge is 0.258 e. The van der Waals surface area contributed by atoms with E-state index in [1.807, 2.05) is 32.0 Å². The number of hydrogen-bond acceptors (Lipinski definition) is 3. The Morgan fingerprint density at radius 3 is 2.33 bits per heavy atom. The number of aryl methyl sites for hydroxylation is 3. The van der Waals surface area contributed by atoms with Crippen molar-refractivity contribution < 1.29 is 4.79 Å².